The van der Waals surface area contributed by atoms with E-state index < -0.39 is 0 Å². The first-order valence-electron chi connectivity index (χ1n) is 16.7. The van der Waals surface area contributed by atoms with E-state index in [-0.39, 0.29) is 0 Å². The van der Waals surface area contributed by atoms with Crippen LogP contribution in [-0.4, -0.2) is 29.1 Å². The van der Waals surface area contributed by atoms with E-state index in [1.165, 1.54) is 27.2 Å². The Labute approximate surface area is 285 Å². The first kappa shape index (κ1) is 27.1. The Morgan fingerprint density at radius 1 is 0.380 bits per heavy atom. The zero-order valence-electron chi connectivity index (χ0n) is 26.7. The Balaban J connectivity index is 1.27. The van der Waals surface area contributed by atoms with E-state index in [9.17, 15) is 0 Å². The van der Waals surface area contributed by atoms with Crippen molar-refractivity contribution in [3.8, 4) is 23.0 Å². The predicted molar refractivity (Wildman–Crippen MR) is 204 cm³/mol. The van der Waals surface area contributed by atoms with Crippen LogP contribution in [0.2, 0.25) is 0 Å². The number of hydrogen-bond acceptors (Lipinski definition) is 4. The lowest BCUT2D eigenvalue weighted by Gasteiger charge is -2.12. The molecule has 11 aromatic rings. The third-order valence-electron chi connectivity index (χ3n) is 10.0. The average Bonchev–Trinajstić information content (AvgIpc) is 3.71. The van der Waals surface area contributed by atoms with Crippen LogP contribution in [0.25, 0.3) is 99.2 Å². The van der Waals surface area contributed by atoms with Gasteiger partial charge in [-0.1, -0.05) is 115 Å². The molecule has 0 atom stereocenters. The fourth-order valence-corrected chi connectivity index (χ4v) is 7.87. The highest BCUT2D eigenvalue weighted by Gasteiger charge is 2.22. The second kappa shape index (κ2) is 10.3. The Morgan fingerprint density at radius 3 is 1.70 bits per heavy atom. The third kappa shape index (κ3) is 3.73. The molecule has 0 aliphatic carbocycles. The van der Waals surface area contributed by atoms with Gasteiger partial charge in [0.2, 0.25) is 5.95 Å². The van der Waals surface area contributed by atoms with Gasteiger partial charge < -0.3 is 4.57 Å². The van der Waals surface area contributed by atoms with Gasteiger partial charge in [0, 0.05) is 56.0 Å². The summed E-state index contributed by atoms with van der Waals surface area (Å²) in [6.45, 7) is 0. The van der Waals surface area contributed by atoms with Gasteiger partial charge in [-0.15, -0.1) is 0 Å². The smallest absolute Gasteiger partial charge is 0.235 e. The van der Waals surface area contributed by atoms with Gasteiger partial charge in [0.15, 0.2) is 5.82 Å². The van der Waals surface area contributed by atoms with E-state index in [2.05, 4.69) is 124 Å². The molecular formula is C44H26N6. The minimum absolute atomic E-state index is 0.599. The molecule has 0 N–H and O–H groups in total. The van der Waals surface area contributed by atoms with Crippen LogP contribution >= 0.6 is 0 Å². The van der Waals surface area contributed by atoms with Crippen molar-refractivity contribution in [2.45, 2.75) is 0 Å². The van der Waals surface area contributed by atoms with E-state index in [1.807, 2.05) is 42.7 Å². The molecule has 0 fully saturated rings. The van der Waals surface area contributed by atoms with Gasteiger partial charge in [0.05, 0.1) is 22.1 Å². The van der Waals surface area contributed by atoms with Gasteiger partial charge in [-0.2, -0.15) is 0 Å². The quantitative estimate of drug-likeness (QED) is 0.181. The van der Waals surface area contributed by atoms with Crippen LogP contribution in [-0.2, 0) is 0 Å². The van der Waals surface area contributed by atoms with Crippen molar-refractivity contribution in [2.24, 2.45) is 0 Å². The maximum Gasteiger partial charge on any atom is 0.235 e. The second-order valence-corrected chi connectivity index (χ2v) is 12.7. The molecule has 0 unspecified atom stereocenters. The molecule has 0 aliphatic heterocycles. The summed E-state index contributed by atoms with van der Waals surface area (Å²) in [6.07, 6.45) is 3.90. The second-order valence-electron chi connectivity index (χ2n) is 12.7. The molecule has 232 valence electrons. The number of hydrogen-bond donors (Lipinski definition) is 0. The number of fused-ring (bicyclic) bond motifs is 13. The summed E-state index contributed by atoms with van der Waals surface area (Å²) in [5.74, 6) is 1.27. The number of benzene rings is 7. The first-order chi connectivity index (χ1) is 24.8. The summed E-state index contributed by atoms with van der Waals surface area (Å²) < 4.78 is 4.60. The molecule has 0 radical (unpaired) electrons. The first-order valence-corrected chi connectivity index (χ1v) is 16.7. The lowest BCUT2D eigenvalue weighted by molar-refractivity contribution is 1.01. The highest BCUT2D eigenvalue weighted by molar-refractivity contribution is 6.26. The molecule has 6 nitrogen and oxygen atoms in total. The highest BCUT2D eigenvalue weighted by atomic mass is 15.2. The zero-order valence-corrected chi connectivity index (χ0v) is 26.7. The van der Waals surface area contributed by atoms with Crippen molar-refractivity contribution >= 4 is 76.2 Å². The van der Waals surface area contributed by atoms with E-state index in [4.69, 9.17) is 19.9 Å². The molecular weight excluding hydrogens is 613 g/mol. The maximum absolute atomic E-state index is 5.39. The Hall–Kier alpha value is -6.92. The lowest BCUT2D eigenvalue weighted by Crippen LogP contribution is -2.02. The SMILES string of the molecule is c1ccc(-c2ncc3c4ccccc4c4cnc(-n5c6ccccc6c6c5ccc5c7ccccc7n(-c7ccccc7)c56)nc4c3n2)cc1. The van der Waals surface area contributed by atoms with Crippen molar-refractivity contribution in [2.75, 3.05) is 0 Å². The third-order valence-corrected chi connectivity index (χ3v) is 10.0. The summed E-state index contributed by atoms with van der Waals surface area (Å²) in [7, 11) is 0. The Kier molecular flexibility index (Phi) is 5.57. The van der Waals surface area contributed by atoms with E-state index in [1.54, 1.807) is 0 Å². The normalized spacial score (nSPS) is 12.0. The van der Waals surface area contributed by atoms with Crippen molar-refractivity contribution in [1.82, 2.24) is 29.1 Å². The minimum atomic E-state index is 0.599. The molecule has 4 aromatic heterocycles. The summed E-state index contributed by atoms with van der Waals surface area (Å²) in [5.41, 5.74) is 8.13. The molecule has 0 saturated heterocycles. The molecule has 0 bridgehead atoms. The molecule has 7 aromatic carbocycles. The predicted octanol–water partition coefficient (Wildman–Crippen LogP) is 10.6. The van der Waals surface area contributed by atoms with Crippen LogP contribution in [0.3, 0.4) is 0 Å². The molecule has 0 saturated carbocycles. The molecule has 0 amide bonds. The van der Waals surface area contributed by atoms with Gasteiger partial charge >= 0.3 is 0 Å². The van der Waals surface area contributed by atoms with Crippen molar-refractivity contribution < 1.29 is 0 Å². The number of nitrogens with zero attached hydrogens (tertiary/aromatic N) is 6. The minimum Gasteiger partial charge on any atom is -0.309 e. The standard InChI is InChI=1S/C44H26N6/c1-3-13-27(14-4-1)43-45-25-34-29-17-7-8-18-30(29)35-26-46-44(48-41(35)40(34)47-43)50-37-22-12-10-20-33(37)39-38(50)24-23-32-31-19-9-11-21-36(31)49(42(32)39)28-15-5-2-6-16-28/h1-26H. The van der Waals surface area contributed by atoms with Crippen LogP contribution in [0, 0.1) is 0 Å². The van der Waals surface area contributed by atoms with Gasteiger partial charge in [-0.25, -0.2) is 19.9 Å². The van der Waals surface area contributed by atoms with Gasteiger partial charge in [0.1, 0.15) is 11.0 Å². The summed E-state index contributed by atoms with van der Waals surface area (Å²) in [4.78, 5) is 20.5. The molecule has 4 heterocycles. The summed E-state index contributed by atoms with van der Waals surface area (Å²) in [6, 6.07) is 50.8. The number of para-hydroxylation sites is 3. The summed E-state index contributed by atoms with van der Waals surface area (Å²) >= 11 is 0. The maximum atomic E-state index is 5.39. The Bertz CT molecular complexity index is 3140. The van der Waals surface area contributed by atoms with Gasteiger partial charge in [-0.3, -0.25) is 4.57 Å². The van der Waals surface area contributed by atoms with Crippen molar-refractivity contribution in [3.63, 3.8) is 0 Å². The van der Waals surface area contributed by atoms with Crippen molar-refractivity contribution in [1.29, 1.82) is 0 Å². The molecule has 0 spiro atoms. The molecule has 6 heteroatoms. The monoisotopic (exact) mass is 638 g/mol. The number of rotatable bonds is 3. The summed E-state index contributed by atoms with van der Waals surface area (Å²) in [5, 5.41) is 8.83. The molecule has 0 aliphatic rings. The van der Waals surface area contributed by atoms with Gasteiger partial charge in [0.25, 0.3) is 0 Å². The van der Waals surface area contributed by atoms with Crippen LogP contribution in [0.4, 0.5) is 0 Å². The van der Waals surface area contributed by atoms with Crippen LogP contribution in [0.1, 0.15) is 0 Å². The largest absolute Gasteiger partial charge is 0.309 e. The van der Waals surface area contributed by atoms with Crippen LogP contribution < -0.4 is 0 Å². The fourth-order valence-electron chi connectivity index (χ4n) is 7.87. The van der Waals surface area contributed by atoms with E-state index >= 15 is 0 Å². The molecule has 50 heavy (non-hydrogen) atoms. The topological polar surface area (TPSA) is 61.4 Å². The van der Waals surface area contributed by atoms with E-state index in [0.29, 0.717) is 11.8 Å². The Morgan fingerprint density at radius 2 is 0.960 bits per heavy atom. The van der Waals surface area contributed by atoms with Crippen molar-refractivity contribution in [3.05, 3.63) is 158 Å². The average molecular weight is 639 g/mol. The zero-order chi connectivity index (χ0) is 32.8. The lowest BCUT2D eigenvalue weighted by atomic mass is 10.0. The van der Waals surface area contributed by atoms with Crippen LogP contribution in [0.15, 0.2) is 158 Å². The highest BCUT2D eigenvalue weighted by Crippen LogP contribution is 2.42. The van der Waals surface area contributed by atoms with E-state index in [0.717, 1.165) is 60.2 Å². The van der Waals surface area contributed by atoms with Crippen LogP contribution in [0.5, 0.6) is 0 Å². The molecule has 11 rings (SSSR count). The fraction of sp³-hybridized carbons (Fsp3) is 0. The number of aromatic nitrogens is 6. The van der Waals surface area contributed by atoms with Gasteiger partial charge in [-0.05, 0) is 41.1 Å².